The number of nitro groups is 2. The molecule has 24 heteroatoms. The van der Waals surface area contributed by atoms with Crippen LogP contribution in [0.4, 0.5) is 32.3 Å². The van der Waals surface area contributed by atoms with Crippen LogP contribution < -0.4 is 31.6 Å². The van der Waals surface area contributed by atoms with Gasteiger partial charge < -0.3 is 24.8 Å². The lowest BCUT2D eigenvalue weighted by molar-refractivity contribution is -0.386. The molecule has 2 aliphatic heterocycles. The van der Waals surface area contributed by atoms with Crippen LogP contribution in [-0.2, 0) is 43.1 Å². The lowest BCUT2D eigenvalue weighted by Crippen LogP contribution is -2.63. The maximum absolute atomic E-state index is 14.0. The van der Waals surface area contributed by atoms with E-state index < -0.39 is 94.8 Å². The fourth-order valence-electron chi connectivity index (χ4n) is 8.56. The molecule has 0 aliphatic carbocycles. The van der Waals surface area contributed by atoms with E-state index >= 15 is 0 Å². The van der Waals surface area contributed by atoms with Gasteiger partial charge in [-0.1, -0.05) is 50.3 Å². The highest BCUT2D eigenvalue weighted by Gasteiger charge is 2.56. The maximum Gasteiger partial charge on any atom is 0.411 e. The van der Waals surface area contributed by atoms with E-state index in [4.69, 9.17) is 18.8 Å². The highest BCUT2D eigenvalue weighted by molar-refractivity contribution is 7.85. The molecule has 0 fully saturated rings. The van der Waals surface area contributed by atoms with Gasteiger partial charge in [-0.15, -0.1) is 0 Å². The molecular formula is C47H44N6O16SSi. The molecule has 1 atom stereocenters. The van der Waals surface area contributed by atoms with Gasteiger partial charge in [-0.2, -0.15) is 8.42 Å². The van der Waals surface area contributed by atoms with E-state index in [9.17, 15) is 57.4 Å². The molecular weight excluding hydrogens is 965 g/mol. The zero-order valence-electron chi connectivity index (χ0n) is 38.3. The minimum absolute atomic E-state index is 0.0276. The average Bonchev–Trinajstić information content (AvgIpc) is 3.62. The summed E-state index contributed by atoms with van der Waals surface area (Å²) in [5.41, 5.74) is -0.665. The highest BCUT2D eigenvalue weighted by atomic mass is 32.2. The summed E-state index contributed by atoms with van der Waals surface area (Å²) in [6.45, 7) is 5.81. The Kier molecular flexibility index (Phi) is 14.2. The van der Waals surface area contributed by atoms with Gasteiger partial charge in [0.25, 0.3) is 33.3 Å². The standard InChI is InChI=1S/C47H44N6O16SSi/c1-5-17-48-42(55)27-9-15-37(52(60)61)29(20-27)24-67-45(58)50-31-11-13-34-39(22-31)71(3,4)40-23-32(12-14-35(40)47(34)36-8-6-7-33(26(2)54)41(36)44(57)69-47)51-46(59)68-25-30-21-28(10-16-38(30)53(62)63)43(56)49-18-19-70(64,65)66/h6-16,20-23H,5,17-19,24-25H2,1-4H3,(H,48,55)(H,49,56)(H,50,58)(H,51,59)(H,64,65,66). The van der Waals surface area contributed by atoms with Crippen LogP contribution in [0.2, 0.25) is 13.1 Å². The summed E-state index contributed by atoms with van der Waals surface area (Å²) in [6, 6.07) is 21.5. The number of benzene rings is 5. The Morgan fingerprint density at radius 2 is 1.21 bits per heavy atom. The monoisotopic (exact) mass is 1010 g/mol. The molecule has 71 heavy (non-hydrogen) atoms. The highest BCUT2D eigenvalue weighted by Crippen LogP contribution is 2.50. The fourth-order valence-corrected chi connectivity index (χ4v) is 12.1. The van der Waals surface area contributed by atoms with Gasteiger partial charge in [-0.25, -0.2) is 14.4 Å². The number of nitro benzene ring substituents is 2. The van der Waals surface area contributed by atoms with Gasteiger partial charge in [-0.05, 0) is 72.2 Å². The number of Topliss-reactive ketones (excluding diaryl/α,β-unsaturated/α-hetero) is 1. The van der Waals surface area contributed by atoms with Gasteiger partial charge in [0.05, 0.1) is 32.3 Å². The molecule has 1 spiro atoms. The quantitative estimate of drug-likeness (QED) is 0.0154. The van der Waals surface area contributed by atoms with E-state index in [0.717, 1.165) is 24.3 Å². The first kappa shape index (κ1) is 50.5. The van der Waals surface area contributed by atoms with E-state index in [1.54, 1.807) is 42.5 Å². The smallest absolute Gasteiger partial charge is 0.411 e. The molecule has 5 aromatic carbocycles. The number of amides is 4. The van der Waals surface area contributed by atoms with Crippen molar-refractivity contribution in [1.29, 1.82) is 0 Å². The molecule has 2 heterocycles. The molecule has 2 aliphatic rings. The van der Waals surface area contributed by atoms with Gasteiger partial charge in [0.1, 0.15) is 21.3 Å². The number of fused-ring (bicyclic) bond motifs is 6. The van der Waals surface area contributed by atoms with Crippen molar-refractivity contribution in [1.82, 2.24) is 10.6 Å². The maximum atomic E-state index is 14.0. The number of rotatable bonds is 16. The van der Waals surface area contributed by atoms with Crippen LogP contribution in [0.3, 0.4) is 0 Å². The number of ketones is 1. The van der Waals surface area contributed by atoms with Crippen molar-refractivity contribution in [2.45, 2.75) is 52.2 Å². The molecule has 5 aromatic rings. The number of carbonyl (C=O) groups excluding carboxylic acids is 6. The van der Waals surface area contributed by atoms with Crippen LogP contribution >= 0.6 is 0 Å². The molecule has 7 rings (SSSR count). The number of hydrogen-bond acceptors (Lipinski definition) is 15. The molecule has 1 unspecified atom stereocenters. The normalized spacial score (nSPS) is 15.0. The first-order chi connectivity index (χ1) is 33.5. The number of carbonyl (C=O) groups is 6. The van der Waals surface area contributed by atoms with Gasteiger partial charge in [0.2, 0.25) is 0 Å². The second-order valence-corrected chi connectivity index (χ2v) is 22.8. The van der Waals surface area contributed by atoms with Gasteiger partial charge in [-0.3, -0.25) is 49.8 Å². The third-order valence-electron chi connectivity index (χ3n) is 11.9. The molecule has 5 N–H and O–H groups in total. The second kappa shape index (κ2) is 19.9. The topological polar surface area (TPSA) is 319 Å². The lowest BCUT2D eigenvalue weighted by Gasteiger charge is -2.44. The Morgan fingerprint density at radius 1 is 0.718 bits per heavy atom. The number of ether oxygens (including phenoxy) is 3. The number of nitrogens with one attached hydrogen (secondary N) is 4. The first-order valence-electron chi connectivity index (χ1n) is 21.7. The van der Waals surface area contributed by atoms with Crippen LogP contribution in [0, 0.1) is 20.2 Å². The Hall–Kier alpha value is -8.35. The van der Waals surface area contributed by atoms with Crippen molar-refractivity contribution in [3.63, 3.8) is 0 Å². The summed E-state index contributed by atoms with van der Waals surface area (Å²) >= 11 is 0. The Bertz CT molecular complexity index is 3220. The molecule has 0 bridgehead atoms. The fraction of sp³-hybridized carbons (Fsp3) is 0.234. The van der Waals surface area contributed by atoms with Crippen LogP contribution in [-0.4, -0.2) is 85.5 Å². The largest absolute Gasteiger partial charge is 0.444 e. The van der Waals surface area contributed by atoms with E-state index in [1.165, 1.54) is 31.2 Å². The van der Waals surface area contributed by atoms with Crippen molar-refractivity contribution >= 4 is 87.1 Å². The SMILES string of the molecule is CCCNC(=O)c1ccc([N+](=O)[O-])c(COC(=O)Nc2ccc3c(c2)[Si](C)(C)c2cc(NC(=O)OCc4cc(C(=O)NCCS(=O)(=O)O)ccc4[N+](=O)[O-])ccc2C32OC(=O)c3c(C(C)=O)cccc32)c1. The Morgan fingerprint density at radius 3 is 1.66 bits per heavy atom. The summed E-state index contributed by atoms with van der Waals surface area (Å²) < 4.78 is 48.3. The predicted octanol–water partition coefficient (Wildman–Crippen LogP) is 5.56. The van der Waals surface area contributed by atoms with Crippen LogP contribution in [0.5, 0.6) is 0 Å². The van der Waals surface area contributed by atoms with E-state index in [2.05, 4.69) is 21.3 Å². The van der Waals surface area contributed by atoms with Crippen molar-refractivity contribution in [3.8, 4) is 0 Å². The minimum atomic E-state index is -4.38. The van der Waals surface area contributed by atoms with Crippen LogP contribution in [0.15, 0.2) is 91.0 Å². The zero-order valence-corrected chi connectivity index (χ0v) is 40.1. The van der Waals surface area contributed by atoms with Gasteiger partial charge >= 0.3 is 18.2 Å². The van der Waals surface area contributed by atoms with E-state index in [1.807, 2.05) is 20.0 Å². The molecule has 22 nitrogen and oxygen atoms in total. The molecule has 0 radical (unpaired) electrons. The van der Waals surface area contributed by atoms with E-state index in [0.29, 0.717) is 40.0 Å². The minimum Gasteiger partial charge on any atom is -0.444 e. The van der Waals surface area contributed by atoms with Crippen molar-refractivity contribution in [2.24, 2.45) is 0 Å². The summed E-state index contributed by atoms with van der Waals surface area (Å²) in [6.07, 6.45) is -1.39. The van der Waals surface area contributed by atoms with E-state index in [-0.39, 0.29) is 56.2 Å². The Labute approximate surface area is 405 Å². The summed E-state index contributed by atoms with van der Waals surface area (Å²) in [7, 11) is -7.41. The molecule has 0 saturated heterocycles. The molecule has 0 saturated carbocycles. The van der Waals surface area contributed by atoms with Gasteiger partial charge in [0.15, 0.2) is 11.4 Å². The third-order valence-corrected chi connectivity index (χ3v) is 16.1. The number of nitrogens with zero attached hydrogens (tertiary/aromatic N) is 2. The predicted molar refractivity (Wildman–Crippen MR) is 257 cm³/mol. The van der Waals surface area contributed by atoms with Crippen LogP contribution in [0.1, 0.15) is 89.5 Å². The van der Waals surface area contributed by atoms with Gasteiger partial charge in [0, 0.05) is 70.0 Å². The van der Waals surface area contributed by atoms with Crippen molar-refractivity contribution in [2.75, 3.05) is 29.5 Å². The first-order valence-corrected chi connectivity index (χ1v) is 26.3. The van der Waals surface area contributed by atoms with Crippen molar-refractivity contribution < 1.29 is 65.8 Å². The number of esters is 1. The number of hydrogen-bond donors (Lipinski definition) is 5. The average molecular weight is 1010 g/mol. The van der Waals surface area contributed by atoms with Crippen molar-refractivity contribution in [3.05, 3.63) is 161 Å². The van der Waals surface area contributed by atoms with Crippen LogP contribution in [0.25, 0.3) is 0 Å². The summed E-state index contributed by atoms with van der Waals surface area (Å²) in [5, 5.41) is 35.2. The summed E-state index contributed by atoms with van der Waals surface area (Å²) in [5.74, 6) is -3.20. The lowest BCUT2D eigenvalue weighted by atomic mass is 9.78. The number of anilines is 2. The Balaban J connectivity index is 1.19. The summed E-state index contributed by atoms with van der Waals surface area (Å²) in [4.78, 5) is 101. The second-order valence-electron chi connectivity index (χ2n) is 16.9. The molecule has 368 valence electrons. The third kappa shape index (κ3) is 10.3. The molecule has 4 amide bonds. The zero-order chi connectivity index (χ0) is 51.6. The molecule has 0 aromatic heterocycles.